The zero-order valence-electron chi connectivity index (χ0n) is 13.7. The second-order valence-electron chi connectivity index (χ2n) is 5.31. The maximum absolute atomic E-state index is 13.5. The van der Waals surface area contributed by atoms with E-state index >= 15 is 0 Å². The Hall–Kier alpha value is -2.52. The molecule has 0 aromatic heterocycles. The summed E-state index contributed by atoms with van der Waals surface area (Å²) in [5.41, 5.74) is 0.103. The Balaban J connectivity index is 2.10. The van der Waals surface area contributed by atoms with Crippen molar-refractivity contribution < 1.29 is 22.5 Å². The molecule has 0 spiro atoms. The highest BCUT2D eigenvalue weighted by Crippen LogP contribution is 2.24. The van der Waals surface area contributed by atoms with Gasteiger partial charge in [-0.15, -0.1) is 0 Å². The van der Waals surface area contributed by atoms with Crippen LogP contribution >= 0.6 is 0 Å². The molecule has 25 heavy (non-hydrogen) atoms. The van der Waals surface area contributed by atoms with E-state index in [0.717, 1.165) is 10.4 Å². The van der Waals surface area contributed by atoms with Crippen LogP contribution in [0.2, 0.25) is 0 Å². The van der Waals surface area contributed by atoms with Gasteiger partial charge in [0.15, 0.2) is 11.6 Å². The van der Waals surface area contributed by atoms with Gasteiger partial charge in [-0.25, -0.2) is 12.8 Å². The van der Waals surface area contributed by atoms with Crippen LogP contribution in [0.15, 0.2) is 47.4 Å². The number of nitro groups is 1. The minimum atomic E-state index is -3.92. The Bertz CT molecular complexity index is 886. The number of hydrogen-bond acceptors (Lipinski definition) is 5. The zero-order valence-corrected chi connectivity index (χ0v) is 14.5. The minimum absolute atomic E-state index is 0.0271. The number of para-hydroxylation sites is 1. The van der Waals surface area contributed by atoms with Crippen LogP contribution in [0.4, 0.5) is 10.1 Å². The summed E-state index contributed by atoms with van der Waals surface area (Å²) in [5, 5.41) is 11.0. The summed E-state index contributed by atoms with van der Waals surface area (Å²) in [6.45, 7) is 1.42. The van der Waals surface area contributed by atoms with E-state index in [2.05, 4.69) is 0 Å². The Morgan fingerprint density at radius 3 is 2.56 bits per heavy atom. The quantitative estimate of drug-likeness (QED) is 0.554. The summed E-state index contributed by atoms with van der Waals surface area (Å²) < 4.78 is 44.7. The van der Waals surface area contributed by atoms with Crippen molar-refractivity contribution in [1.29, 1.82) is 0 Å². The van der Waals surface area contributed by atoms with Gasteiger partial charge in [-0.1, -0.05) is 18.2 Å². The number of aryl methyl sites for hydroxylation is 1. The van der Waals surface area contributed by atoms with Crippen molar-refractivity contribution in [1.82, 2.24) is 4.31 Å². The Morgan fingerprint density at radius 2 is 1.92 bits per heavy atom. The second-order valence-corrected chi connectivity index (χ2v) is 7.36. The van der Waals surface area contributed by atoms with E-state index in [1.54, 1.807) is 6.07 Å². The normalized spacial score (nSPS) is 11.5. The average Bonchev–Trinajstić information content (AvgIpc) is 2.56. The van der Waals surface area contributed by atoms with Gasteiger partial charge in [0.1, 0.15) is 6.61 Å². The van der Waals surface area contributed by atoms with Crippen molar-refractivity contribution in [2.45, 2.75) is 11.8 Å². The molecule has 2 aromatic carbocycles. The van der Waals surface area contributed by atoms with Gasteiger partial charge in [0.05, 0.1) is 9.82 Å². The number of likely N-dealkylation sites (N-methyl/N-ethyl adjacent to an activating group) is 1. The molecule has 0 aliphatic rings. The van der Waals surface area contributed by atoms with Gasteiger partial charge in [0.2, 0.25) is 10.0 Å². The third-order valence-electron chi connectivity index (χ3n) is 3.59. The van der Waals surface area contributed by atoms with E-state index in [1.165, 1.54) is 44.3 Å². The fourth-order valence-corrected chi connectivity index (χ4v) is 3.27. The van der Waals surface area contributed by atoms with Crippen LogP contribution in [0, 0.1) is 22.9 Å². The van der Waals surface area contributed by atoms with Gasteiger partial charge in [-0.05, 0) is 25.1 Å². The molecule has 0 N–H and O–H groups in total. The molecule has 0 radical (unpaired) electrons. The molecular formula is C16H17FN2O5S. The maximum atomic E-state index is 13.5. The van der Waals surface area contributed by atoms with Crippen LogP contribution in [-0.4, -0.2) is 37.8 Å². The summed E-state index contributed by atoms with van der Waals surface area (Å²) >= 11 is 0. The van der Waals surface area contributed by atoms with Gasteiger partial charge < -0.3 is 4.74 Å². The molecule has 0 amide bonds. The molecule has 0 saturated heterocycles. The third kappa shape index (κ3) is 4.31. The Kier molecular flexibility index (Phi) is 5.70. The molecule has 0 heterocycles. The standard InChI is InChI=1S/C16H17FN2O5S/c1-12-7-8-13(11-15(12)19(20)21)25(22,23)18(2)9-10-24-16-6-4-3-5-14(16)17/h3-8,11H,9-10H2,1-2H3. The summed E-state index contributed by atoms with van der Waals surface area (Å²) in [6, 6.07) is 9.52. The number of nitrogens with zero attached hydrogens (tertiary/aromatic N) is 2. The lowest BCUT2D eigenvalue weighted by Gasteiger charge is -2.17. The van der Waals surface area contributed by atoms with E-state index in [9.17, 15) is 22.9 Å². The molecule has 0 aliphatic carbocycles. The fourth-order valence-electron chi connectivity index (χ4n) is 2.09. The number of hydrogen-bond donors (Lipinski definition) is 0. The van der Waals surface area contributed by atoms with Crippen LogP contribution < -0.4 is 4.74 Å². The first-order chi connectivity index (χ1) is 11.7. The van der Waals surface area contributed by atoms with Gasteiger partial charge in [-0.2, -0.15) is 4.31 Å². The van der Waals surface area contributed by atoms with Gasteiger partial charge in [-0.3, -0.25) is 10.1 Å². The first-order valence-electron chi connectivity index (χ1n) is 7.32. The van der Waals surface area contributed by atoms with E-state index in [0.29, 0.717) is 5.56 Å². The predicted molar refractivity (Wildman–Crippen MR) is 89.5 cm³/mol. The highest BCUT2D eigenvalue weighted by Gasteiger charge is 2.24. The highest BCUT2D eigenvalue weighted by atomic mass is 32.2. The molecule has 0 fully saturated rings. The molecule has 2 aromatic rings. The largest absolute Gasteiger partial charge is 0.489 e. The molecule has 0 unspecified atom stereocenters. The summed E-state index contributed by atoms with van der Waals surface area (Å²) in [5.74, 6) is -0.513. The number of nitro benzene ring substituents is 1. The van der Waals surface area contributed by atoms with Gasteiger partial charge in [0, 0.05) is 25.2 Å². The predicted octanol–water partition coefficient (Wildman–Crippen LogP) is 2.74. The molecular weight excluding hydrogens is 351 g/mol. The average molecular weight is 368 g/mol. The summed E-state index contributed by atoms with van der Waals surface area (Å²) in [4.78, 5) is 10.2. The molecule has 0 saturated carbocycles. The zero-order chi connectivity index (χ0) is 18.6. The number of rotatable bonds is 7. The highest BCUT2D eigenvalue weighted by molar-refractivity contribution is 7.89. The van der Waals surface area contributed by atoms with Crippen molar-refractivity contribution in [2.24, 2.45) is 0 Å². The number of halogens is 1. The fraction of sp³-hybridized carbons (Fsp3) is 0.250. The summed E-state index contributed by atoms with van der Waals surface area (Å²) in [6.07, 6.45) is 0. The lowest BCUT2D eigenvalue weighted by atomic mass is 10.2. The molecule has 0 aliphatic heterocycles. The maximum Gasteiger partial charge on any atom is 0.273 e. The molecule has 0 atom stereocenters. The first kappa shape index (κ1) is 18.8. The van der Waals surface area contributed by atoms with Crippen molar-refractivity contribution in [3.8, 4) is 5.75 Å². The van der Waals surface area contributed by atoms with Crippen molar-refractivity contribution in [2.75, 3.05) is 20.2 Å². The molecule has 7 nitrogen and oxygen atoms in total. The number of ether oxygens (including phenoxy) is 1. The van der Waals surface area contributed by atoms with Crippen molar-refractivity contribution in [3.63, 3.8) is 0 Å². The molecule has 9 heteroatoms. The van der Waals surface area contributed by atoms with Crippen LogP contribution in [0.5, 0.6) is 5.75 Å². The molecule has 134 valence electrons. The second kappa shape index (κ2) is 7.58. The SMILES string of the molecule is Cc1ccc(S(=O)(=O)N(C)CCOc2ccccc2F)cc1[N+](=O)[O-]. The minimum Gasteiger partial charge on any atom is -0.489 e. The monoisotopic (exact) mass is 368 g/mol. The molecule has 2 rings (SSSR count). The Morgan fingerprint density at radius 1 is 1.24 bits per heavy atom. The van der Waals surface area contributed by atoms with Gasteiger partial charge >= 0.3 is 0 Å². The van der Waals surface area contributed by atoms with E-state index in [1.807, 2.05) is 0 Å². The van der Waals surface area contributed by atoms with Crippen LogP contribution in [0.3, 0.4) is 0 Å². The summed E-state index contributed by atoms with van der Waals surface area (Å²) in [7, 11) is -2.60. The number of benzene rings is 2. The van der Waals surface area contributed by atoms with Gasteiger partial charge in [0.25, 0.3) is 5.69 Å². The van der Waals surface area contributed by atoms with Crippen LogP contribution in [-0.2, 0) is 10.0 Å². The lowest BCUT2D eigenvalue weighted by molar-refractivity contribution is -0.385. The van der Waals surface area contributed by atoms with E-state index in [4.69, 9.17) is 4.74 Å². The lowest BCUT2D eigenvalue weighted by Crippen LogP contribution is -2.31. The van der Waals surface area contributed by atoms with E-state index < -0.39 is 20.8 Å². The Labute approximate surface area is 144 Å². The third-order valence-corrected chi connectivity index (χ3v) is 5.44. The smallest absolute Gasteiger partial charge is 0.273 e. The number of sulfonamides is 1. The first-order valence-corrected chi connectivity index (χ1v) is 8.76. The van der Waals surface area contributed by atoms with Crippen LogP contribution in [0.1, 0.15) is 5.56 Å². The van der Waals surface area contributed by atoms with Crippen molar-refractivity contribution in [3.05, 3.63) is 64.0 Å². The van der Waals surface area contributed by atoms with Crippen LogP contribution in [0.25, 0.3) is 0 Å². The van der Waals surface area contributed by atoms with E-state index in [-0.39, 0.29) is 29.5 Å². The topological polar surface area (TPSA) is 89.8 Å². The van der Waals surface area contributed by atoms with Crippen molar-refractivity contribution >= 4 is 15.7 Å². The molecule has 0 bridgehead atoms.